The van der Waals surface area contributed by atoms with Gasteiger partial charge in [-0.3, -0.25) is 0 Å². The van der Waals surface area contributed by atoms with Crippen LogP contribution < -0.4 is 31.4 Å². The fourth-order valence-electron chi connectivity index (χ4n) is 4.40. The van der Waals surface area contributed by atoms with Crippen molar-refractivity contribution in [3.8, 4) is 11.5 Å². The second-order valence-electron chi connectivity index (χ2n) is 7.62. The summed E-state index contributed by atoms with van der Waals surface area (Å²) in [6, 6.07) is 14.4. The third kappa shape index (κ3) is 3.08. The summed E-state index contributed by atoms with van der Waals surface area (Å²) in [7, 11) is 0. The standard InChI is InChI=1S/C22H25N2O3.BrH/c1-16-5-8-18(9-6-16)23-15-22(25,24-11-3-2-4-21(23)24)17-7-10-19-20(14-17)27-13-12-26-19;/h5-10,14,25H,2-4,11-13,15H2,1H3;1H/q+1;/p-1. The van der Waals surface area contributed by atoms with Crippen LogP contribution in [-0.4, -0.2) is 41.8 Å². The van der Waals surface area contributed by atoms with Crippen molar-refractivity contribution in [2.24, 2.45) is 0 Å². The quantitative estimate of drug-likeness (QED) is 0.663. The zero-order chi connectivity index (χ0) is 18.4. The monoisotopic (exact) mass is 444 g/mol. The first kappa shape index (κ1) is 19.3. The van der Waals surface area contributed by atoms with Crippen molar-refractivity contribution in [1.29, 1.82) is 0 Å². The molecule has 0 aromatic heterocycles. The van der Waals surface area contributed by atoms with E-state index in [2.05, 4.69) is 40.7 Å². The summed E-state index contributed by atoms with van der Waals surface area (Å²) in [5.74, 6) is 2.69. The Labute approximate surface area is 176 Å². The minimum atomic E-state index is -1.06. The Morgan fingerprint density at radius 3 is 2.54 bits per heavy atom. The van der Waals surface area contributed by atoms with Crippen LogP contribution in [0.5, 0.6) is 11.5 Å². The summed E-state index contributed by atoms with van der Waals surface area (Å²) in [5.41, 5.74) is 2.18. The van der Waals surface area contributed by atoms with Gasteiger partial charge in [-0.2, -0.15) is 0 Å². The largest absolute Gasteiger partial charge is 1.00 e. The molecule has 0 radical (unpaired) electrons. The average molecular weight is 445 g/mol. The van der Waals surface area contributed by atoms with Crippen LogP contribution in [0.3, 0.4) is 0 Å². The van der Waals surface area contributed by atoms with Crippen LogP contribution in [0, 0.1) is 6.92 Å². The van der Waals surface area contributed by atoms with Crippen LogP contribution >= 0.6 is 0 Å². The summed E-state index contributed by atoms with van der Waals surface area (Å²) in [4.78, 5) is 2.27. The zero-order valence-electron chi connectivity index (χ0n) is 16.0. The van der Waals surface area contributed by atoms with Gasteiger partial charge in [-0.1, -0.05) is 17.7 Å². The first-order valence-corrected chi connectivity index (χ1v) is 9.75. The summed E-state index contributed by atoms with van der Waals surface area (Å²) in [5, 5.41) is 11.8. The van der Waals surface area contributed by atoms with Gasteiger partial charge in [-0.25, -0.2) is 9.48 Å². The molecule has 1 N–H and O–H groups in total. The molecule has 0 aliphatic carbocycles. The van der Waals surface area contributed by atoms with Crippen molar-refractivity contribution >= 4 is 11.5 Å². The Balaban J connectivity index is 0.00000192. The molecule has 0 amide bonds. The van der Waals surface area contributed by atoms with Crippen LogP contribution in [0.2, 0.25) is 0 Å². The lowest BCUT2D eigenvalue weighted by atomic mass is 10.0. The summed E-state index contributed by atoms with van der Waals surface area (Å²) in [6.07, 6.45) is 3.24. The molecule has 0 fully saturated rings. The second kappa shape index (κ2) is 7.41. The molecule has 1 atom stereocenters. The molecule has 3 aliphatic rings. The van der Waals surface area contributed by atoms with Crippen molar-refractivity contribution in [2.75, 3.05) is 31.2 Å². The topological polar surface area (TPSA) is 44.9 Å². The summed E-state index contributed by atoms with van der Waals surface area (Å²) >= 11 is 0. The van der Waals surface area contributed by atoms with Crippen LogP contribution in [-0.2, 0) is 5.72 Å². The summed E-state index contributed by atoms with van der Waals surface area (Å²) in [6.45, 7) is 4.60. The highest BCUT2D eigenvalue weighted by atomic mass is 79.9. The molecule has 2 aromatic carbocycles. The van der Waals surface area contributed by atoms with Crippen LogP contribution in [0.1, 0.15) is 30.4 Å². The van der Waals surface area contributed by atoms with Crippen molar-refractivity contribution in [2.45, 2.75) is 31.9 Å². The van der Waals surface area contributed by atoms with E-state index in [0.29, 0.717) is 19.8 Å². The van der Waals surface area contributed by atoms with E-state index < -0.39 is 5.72 Å². The third-order valence-corrected chi connectivity index (χ3v) is 5.83. The Morgan fingerprint density at radius 2 is 1.75 bits per heavy atom. The lowest BCUT2D eigenvalue weighted by molar-refractivity contribution is -0.661. The van der Waals surface area contributed by atoms with Crippen molar-refractivity contribution in [1.82, 2.24) is 0 Å². The van der Waals surface area contributed by atoms with Crippen molar-refractivity contribution in [3.05, 3.63) is 53.6 Å². The molecule has 0 bridgehead atoms. The van der Waals surface area contributed by atoms with Gasteiger partial charge in [-0.15, -0.1) is 0 Å². The van der Waals surface area contributed by atoms with Crippen LogP contribution in [0.25, 0.3) is 0 Å². The first-order valence-electron chi connectivity index (χ1n) is 9.75. The number of ether oxygens (including phenoxy) is 2. The fraction of sp³-hybridized carbons (Fsp3) is 0.409. The van der Waals surface area contributed by atoms with Gasteiger partial charge in [-0.05, 0) is 50.1 Å². The smallest absolute Gasteiger partial charge is 0.271 e. The Morgan fingerprint density at radius 1 is 1.00 bits per heavy atom. The van der Waals surface area contributed by atoms with Gasteiger partial charge in [0, 0.05) is 12.0 Å². The highest BCUT2D eigenvalue weighted by Gasteiger charge is 2.52. The van der Waals surface area contributed by atoms with Gasteiger partial charge in [0.2, 0.25) is 0 Å². The molecule has 5 nitrogen and oxygen atoms in total. The number of fused-ring (bicyclic) bond motifs is 1. The Hall–Kier alpha value is -2.05. The van der Waals surface area contributed by atoms with E-state index in [0.717, 1.165) is 48.6 Å². The SMILES string of the molecule is Cc1ccc(N2CC(O)(c3ccc4c(c3)OCCO4)[N+]3=C2CCCC3)cc1.[Br-]. The molecule has 1 unspecified atom stereocenters. The molecule has 0 spiro atoms. The van der Waals surface area contributed by atoms with E-state index in [-0.39, 0.29) is 17.0 Å². The third-order valence-electron chi connectivity index (χ3n) is 5.83. The number of anilines is 1. The maximum atomic E-state index is 11.8. The fourth-order valence-corrected chi connectivity index (χ4v) is 4.40. The van der Waals surface area contributed by atoms with Gasteiger partial charge in [0.25, 0.3) is 11.6 Å². The Bertz CT molecular complexity index is 912. The van der Waals surface area contributed by atoms with Crippen molar-refractivity contribution in [3.63, 3.8) is 0 Å². The van der Waals surface area contributed by atoms with Crippen LogP contribution in [0.4, 0.5) is 5.69 Å². The molecule has 3 heterocycles. The lowest BCUT2D eigenvalue weighted by Gasteiger charge is -2.26. The predicted molar refractivity (Wildman–Crippen MR) is 104 cm³/mol. The molecule has 0 saturated heterocycles. The molecule has 6 heteroatoms. The molecule has 0 saturated carbocycles. The number of benzene rings is 2. The number of amidine groups is 1. The van der Waals surface area contributed by atoms with E-state index in [9.17, 15) is 5.11 Å². The highest BCUT2D eigenvalue weighted by molar-refractivity contribution is 5.96. The van der Waals surface area contributed by atoms with Gasteiger partial charge in [0.05, 0.1) is 6.54 Å². The molecule has 28 heavy (non-hydrogen) atoms. The lowest BCUT2D eigenvalue weighted by Crippen LogP contribution is -3.00. The number of hydrogen-bond acceptors (Lipinski definition) is 4. The number of aryl methyl sites for hydroxylation is 1. The van der Waals surface area contributed by atoms with E-state index in [1.54, 1.807) is 0 Å². The van der Waals surface area contributed by atoms with Crippen molar-refractivity contribution < 1.29 is 36.1 Å². The van der Waals surface area contributed by atoms with E-state index in [1.165, 1.54) is 11.4 Å². The van der Waals surface area contributed by atoms with E-state index in [4.69, 9.17) is 9.47 Å². The molecular formula is C22H25BrN2O3. The molecule has 2 aromatic rings. The molecule has 148 valence electrons. The van der Waals surface area contributed by atoms with E-state index >= 15 is 0 Å². The number of aliphatic hydroxyl groups is 1. The van der Waals surface area contributed by atoms with Gasteiger partial charge in [0.15, 0.2) is 18.0 Å². The number of hydrogen-bond donors (Lipinski definition) is 1. The van der Waals surface area contributed by atoms with Crippen LogP contribution in [0.15, 0.2) is 42.5 Å². The van der Waals surface area contributed by atoms with Gasteiger partial charge >= 0.3 is 0 Å². The zero-order valence-corrected chi connectivity index (χ0v) is 17.6. The second-order valence-corrected chi connectivity index (χ2v) is 7.62. The average Bonchev–Trinajstić information content (AvgIpc) is 3.03. The molecular weight excluding hydrogens is 420 g/mol. The maximum absolute atomic E-state index is 11.8. The maximum Gasteiger partial charge on any atom is 0.271 e. The molecule has 3 aliphatic heterocycles. The minimum Gasteiger partial charge on any atom is -1.00 e. The highest BCUT2D eigenvalue weighted by Crippen LogP contribution is 2.39. The normalized spacial score (nSPS) is 23.3. The summed E-state index contributed by atoms with van der Waals surface area (Å²) < 4.78 is 13.6. The number of rotatable bonds is 2. The molecule has 5 rings (SSSR count). The van der Waals surface area contributed by atoms with Gasteiger partial charge < -0.3 is 31.6 Å². The number of β-amino-alcohol motifs (C(OH)–C–C–N with tert-alkyl or cyclic N) is 1. The number of nitrogens with zero attached hydrogens (tertiary/aromatic N) is 2. The predicted octanol–water partition coefficient (Wildman–Crippen LogP) is 0.0304. The number of halogens is 1. The first-order chi connectivity index (χ1) is 13.1. The minimum absolute atomic E-state index is 0. The van der Waals surface area contributed by atoms with E-state index in [1.807, 2.05) is 18.2 Å². The Kier molecular flexibility index (Phi) is 5.10. The van der Waals surface area contributed by atoms with Gasteiger partial charge in [0.1, 0.15) is 18.9 Å².